The summed E-state index contributed by atoms with van der Waals surface area (Å²) in [6, 6.07) is 4.75. The van der Waals surface area contributed by atoms with Gasteiger partial charge in [0.2, 0.25) is 6.41 Å². The van der Waals surface area contributed by atoms with Gasteiger partial charge in [-0.2, -0.15) is 13.5 Å². The Kier molecular flexibility index (Phi) is 10.1. The summed E-state index contributed by atoms with van der Waals surface area (Å²) < 4.78 is 41.3. The first-order valence-corrected chi connectivity index (χ1v) is 14.4. The summed E-state index contributed by atoms with van der Waals surface area (Å²) in [4.78, 5) is 35.7. The van der Waals surface area contributed by atoms with Crippen LogP contribution in [0, 0.1) is 5.41 Å². The number of hydrogen-bond acceptors (Lipinski definition) is 12. The molecule has 1 aliphatic rings. The summed E-state index contributed by atoms with van der Waals surface area (Å²) in [6.07, 6.45) is 0.826. The van der Waals surface area contributed by atoms with Gasteiger partial charge in [0, 0.05) is 18.5 Å². The van der Waals surface area contributed by atoms with Crippen molar-refractivity contribution < 1.29 is 36.4 Å². The SMILES string of the molecule is CC(NC(=O)/C(=N\OCCOc1ccc2c(c1)CN(C(=N)N)CC2)c1csc(N)n1)C(C)(C)N(C=O)OS(=O)(=O)O. The second-order valence-corrected chi connectivity index (χ2v) is 11.4. The van der Waals surface area contributed by atoms with E-state index in [2.05, 4.69) is 19.7 Å². The molecule has 7 N–H and O–H groups in total. The summed E-state index contributed by atoms with van der Waals surface area (Å²) in [6.45, 7) is 5.55. The molecule has 2 amide bonds. The molecule has 0 saturated heterocycles. The maximum Gasteiger partial charge on any atom is 0.418 e. The Morgan fingerprint density at radius 1 is 1.39 bits per heavy atom. The lowest BCUT2D eigenvalue weighted by atomic mass is 9.95. The highest BCUT2D eigenvalue weighted by atomic mass is 32.3. The predicted octanol–water partition coefficient (Wildman–Crippen LogP) is 0.253. The molecule has 2 aromatic rings. The highest BCUT2D eigenvalue weighted by Gasteiger charge is 2.38. The average Bonchev–Trinajstić information content (AvgIpc) is 3.33. The van der Waals surface area contributed by atoms with Crippen LogP contribution in [0.15, 0.2) is 28.7 Å². The van der Waals surface area contributed by atoms with Crippen LogP contribution >= 0.6 is 11.3 Å². The number of amides is 2. The quantitative estimate of drug-likeness (QED) is 0.0511. The van der Waals surface area contributed by atoms with Gasteiger partial charge in [-0.15, -0.1) is 15.6 Å². The lowest BCUT2D eigenvalue weighted by molar-refractivity contribution is -0.166. The normalized spacial score (nSPS) is 14.5. The molecule has 1 aromatic heterocycles. The van der Waals surface area contributed by atoms with E-state index in [1.165, 1.54) is 26.2 Å². The largest absolute Gasteiger partial charge is 0.490 e. The van der Waals surface area contributed by atoms with E-state index in [0.29, 0.717) is 23.9 Å². The number of nitrogens with zero attached hydrogens (tertiary/aromatic N) is 4. The zero-order chi connectivity index (χ0) is 30.4. The van der Waals surface area contributed by atoms with Gasteiger partial charge >= 0.3 is 10.4 Å². The fourth-order valence-corrected chi connectivity index (χ4v) is 4.70. The molecule has 0 saturated carbocycles. The first-order valence-electron chi connectivity index (χ1n) is 12.2. The lowest BCUT2D eigenvalue weighted by Crippen LogP contribution is -2.58. The van der Waals surface area contributed by atoms with Crippen LogP contribution in [-0.2, 0) is 42.1 Å². The molecule has 18 heteroatoms. The number of fused-ring (bicyclic) bond motifs is 1. The number of guanidine groups is 1. The van der Waals surface area contributed by atoms with Gasteiger partial charge < -0.3 is 31.3 Å². The van der Waals surface area contributed by atoms with Crippen LogP contribution < -0.4 is 21.5 Å². The van der Waals surface area contributed by atoms with Gasteiger partial charge in [0.15, 0.2) is 23.4 Å². The summed E-state index contributed by atoms with van der Waals surface area (Å²) in [5, 5.41) is 16.2. The lowest BCUT2D eigenvalue weighted by Gasteiger charge is -2.37. The van der Waals surface area contributed by atoms with Crippen LogP contribution in [0.5, 0.6) is 5.75 Å². The molecule has 41 heavy (non-hydrogen) atoms. The first-order chi connectivity index (χ1) is 19.2. The molecule has 3 rings (SSSR count). The number of oxime groups is 1. The molecule has 1 unspecified atom stereocenters. The zero-order valence-electron chi connectivity index (χ0n) is 22.6. The number of aromatic nitrogens is 1. The maximum atomic E-state index is 13.1. The number of benzene rings is 1. The molecular weight excluding hydrogens is 580 g/mol. The third-order valence-electron chi connectivity index (χ3n) is 6.36. The minimum absolute atomic E-state index is 0.0143. The number of rotatable bonds is 13. The highest BCUT2D eigenvalue weighted by Crippen LogP contribution is 2.24. The van der Waals surface area contributed by atoms with Crippen molar-refractivity contribution in [3.8, 4) is 5.75 Å². The van der Waals surface area contributed by atoms with Crippen LogP contribution in [-0.4, -0.2) is 83.2 Å². The second-order valence-electron chi connectivity index (χ2n) is 9.46. The Morgan fingerprint density at radius 2 is 2.12 bits per heavy atom. The topological polar surface area (TPSA) is 236 Å². The van der Waals surface area contributed by atoms with E-state index in [1.54, 1.807) is 4.90 Å². The molecule has 224 valence electrons. The van der Waals surface area contributed by atoms with Gasteiger partial charge in [-0.05, 0) is 50.5 Å². The third kappa shape index (κ3) is 8.49. The van der Waals surface area contributed by atoms with Crippen LogP contribution in [0.2, 0.25) is 0 Å². The number of nitrogens with one attached hydrogen (secondary N) is 2. The standard InChI is InChI=1S/C23H32N8O8S2/c1-14(23(2,3)31(13-32)39-41(34,35)36)27-20(33)19(18-12-40-22(26)28-18)29-38-9-8-37-17-5-4-15-6-7-30(21(24)25)11-16(15)10-17/h4-5,10,12-14H,6-9,11H2,1-3H3,(H3,24,25)(H2,26,28)(H,27,33)(H,34,35,36)/b29-19-. The van der Waals surface area contributed by atoms with Crippen LogP contribution in [0.3, 0.4) is 0 Å². The number of anilines is 1. The van der Waals surface area contributed by atoms with E-state index in [4.69, 9.17) is 31.0 Å². The molecule has 2 heterocycles. The van der Waals surface area contributed by atoms with Gasteiger partial charge in [-0.1, -0.05) is 11.2 Å². The van der Waals surface area contributed by atoms with E-state index in [0.717, 1.165) is 28.9 Å². The predicted molar refractivity (Wildman–Crippen MR) is 149 cm³/mol. The molecule has 1 aromatic carbocycles. The van der Waals surface area contributed by atoms with Crippen LogP contribution in [0.1, 0.15) is 37.6 Å². The smallest absolute Gasteiger partial charge is 0.418 e. The van der Waals surface area contributed by atoms with E-state index in [-0.39, 0.29) is 42.1 Å². The Bertz CT molecular complexity index is 1410. The van der Waals surface area contributed by atoms with Crippen molar-refractivity contribution in [2.24, 2.45) is 10.9 Å². The van der Waals surface area contributed by atoms with Crippen molar-refractivity contribution >= 4 is 50.9 Å². The molecule has 0 aliphatic carbocycles. The molecule has 0 fully saturated rings. The number of hydroxylamine groups is 2. The Balaban J connectivity index is 1.64. The highest BCUT2D eigenvalue weighted by molar-refractivity contribution is 7.80. The number of nitrogens with two attached hydrogens (primary N) is 2. The van der Waals surface area contributed by atoms with Crippen LogP contribution in [0.25, 0.3) is 0 Å². The van der Waals surface area contributed by atoms with E-state index >= 15 is 0 Å². The van der Waals surface area contributed by atoms with Gasteiger partial charge in [0.1, 0.15) is 18.1 Å². The van der Waals surface area contributed by atoms with E-state index < -0.39 is 27.9 Å². The van der Waals surface area contributed by atoms with Crippen LogP contribution in [0.4, 0.5) is 5.13 Å². The van der Waals surface area contributed by atoms with Gasteiger partial charge in [0.25, 0.3) is 5.91 Å². The van der Waals surface area contributed by atoms with Crippen molar-refractivity contribution in [2.45, 2.75) is 45.3 Å². The molecule has 0 spiro atoms. The third-order valence-corrected chi connectivity index (χ3v) is 7.38. The second kappa shape index (κ2) is 13.1. The van der Waals surface area contributed by atoms with Gasteiger partial charge in [-0.3, -0.25) is 19.6 Å². The van der Waals surface area contributed by atoms with Gasteiger partial charge in [-0.25, -0.2) is 4.98 Å². The molecule has 0 radical (unpaired) electrons. The molecule has 0 bridgehead atoms. The van der Waals surface area contributed by atoms with Crippen molar-refractivity contribution in [1.82, 2.24) is 20.3 Å². The van der Waals surface area contributed by atoms with Gasteiger partial charge in [0.05, 0.1) is 11.6 Å². The number of carbonyl (C=O) groups excluding carboxylic acids is 2. The Hall–Kier alpha value is -4.00. The zero-order valence-corrected chi connectivity index (χ0v) is 24.2. The first kappa shape index (κ1) is 31.5. The van der Waals surface area contributed by atoms with Crippen molar-refractivity contribution in [3.05, 3.63) is 40.4 Å². The maximum absolute atomic E-state index is 13.1. The molecule has 1 aliphatic heterocycles. The molecule has 1 atom stereocenters. The fourth-order valence-electron chi connectivity index (χ4n) is 3.72. The summed E-state index contributed by atoms with van der Waals surface area (Å²) in [5.74, 6) is -0.158. The van der Waals surface area contributed by atoms with Crippen molar-refractivity contribution in [1.29, 1.82) is 5.41 Å². The number of carbonyl (C=O) groups is 2. The monoisotopic (exact) mass is 612 g/mol. The Morgan fingerprint density at radius 3 is 2.73 bits per heavy atom. The van der Waals surface area contributed by atoms with Crippen molar-refractivity contribution in [2.75, 3.05) is 25.5 Å². The van der Waals surface area contributed by atoms with Crippen molar-refractivity contribution in [3.63, 3.8) is 0 Å². The minimum Gasteiger partial charge on any atom is -0.490 e. The summed E-state index contributed by atoms with van der Waals surface area (Å²) >= 11 is 1.08. The Labute approximate surface area is 240 Å². The summed E-state index contributed by atoms with van der Waals surface area (Å²) in [7, 11) is -5.00. The molecule has 16 nitrogen and oxygen atoms in total. The summed E-state index contributed by atoms with van der Waals surface area (Å²) in [5.41, 5.74) is 12.0. The number of nitrogen functional groups attached to an aromatic ring is 1. The molecular formula is C23H32N8O8S2. The van der Waals surface area contributed by atoms with E-state index in [9.17, 15) is 18.0 Å². The minimum atomic E-state index is -5.00. The number of hydrogen-bond donors (Lipinski definition) is 5. The fraction of sp³-hybridized carbons (Fsp3) is 0.435. The number of ether oxygens (including phenoxy) is 1. The average molecular weight is 613 g/mol. The van der Waals surface area contributed by atoms with E-state index in [1.807, 2.05) is 18.2 Å². The number of thiazole rings is 1.